The van der Waals surface area contributed by atoms with Gasteiger partial charge in [-0.1, -0.05) is 20.4 Å². The van der Waals surface area contributed by atoms with Crippen LogP contribution in [0, 0.1) is 5.92 Å². The van der Waals surface area contributed by atoms with E-state index in [1.165, 1.54) is 0 Å². The van der Waals surface area contributed by atoms with Crippen LogP contribution in [-0.2, 0) is 4.74 Å². The molecule has 70 valence electrons. The van der Waals surface area contributed by atoms with E-state index < -0.39 is 0 Å². The highest BCUT2D eigenvalue weighted by Crippen LogP contribution is 2.13. The Hall–Kier alpha value is -0.760. The van der Waals surface area contributed by atoms with Crippen LogP contribution in [0.1, 0.15) is 27.7 Å². The van der Waals surface area contributed by atoms with Crippen molar-refractivity contribution in [3.63, 3.8) is 0 Å². The molecule has 2 nitrogen and oxygen atoms in total. The molecule has 0 aromatic carbocycles. The number of ether oxygens (including phenoxy) is 1. The Balaban J connectivity index is 4.27. The lowest BCUT2D eigenvalue weighted by atomic mass is 10.0. The van der Waals surface area contributed by atoms with Gasteiger partial charge in [-0.25, -0.2) is 0 Å². The average molecular weight is 169 g/mol. The molecule has 0 aliphatic rings. The van der Waals surface area contributed by atoms with E-state index in [0.29, 0.717) is 11.7 Å². The summed E-state index contributed by atoms with van der Waals surface area (Å²) in [5, 5.41) is 0. The minimum atomic E-state index is -0.0355. The Labute approximate surface area is 75.1 Å². The van der Waals surface area contributed by atoms with Crippen LogP contribution in [0.15, 0.2) is 24.2 Å². The third-order valence-electron chi connectivity index (χ3n) is 1.62. The number of hydrogen-bond donors (Lipinski definition) is 1. The molecule has 0 saturated carbocycles. The Kier molecular flexibility index (Phi) is 4.67. The van der Waals surface area contributed by atoms with Crippen molar-refractivity contribution in [2.24, 2.45) is 11.7 Å². The fourth-order valence-corrected chi connectivity index (χ4v) is 0.849. The Morgan fingerprint density at radius 2 is 2.00 bits per heavy atom. The minimum absolute atomic E-state index is 0.0355. The normalized spacial score (nSPS) is 14.7. The fraction of sp³-hybridized carbons (Fsp3) is 0.600. The number of rotatable bonds is 4. The highest BCUT2D eigenvalue weighted by atomic mass is 16.5. The molecule has 1 atom stereocenters. The van der Waals surface area contributed by atoms with E-state index >= 15 is 0 Å². The molecule has 12 heavy (non-hydrogen) atoms. The lowest BCUT2D eigenvalue weighted by Crippen LogP contribution is -2.29. The predicted octanol–water partition coefficient (Wildman–Crippen LogP) is 2.42. The molecular formula is C10H19NO. The van der Waals surface area contributed by atoms with Crippen LogP contribution in [0.3, 0.4) is 0 Å². The van der Waals surface area contributed by atoms with Crippen molar-refractivity contribution in [3.8, 4) is 0 Å². The molecule has 0 saturated heterocycles. The third kappa shape index (κ3) is 3.58. The maximum absolute atomic E-state index is 5.89. The van der Waals surface area contributed by atoms with Gasteiger partial charge in [0.25, 0.3) is 0 Å². The van der Waals surface area contributed by atoms with Gasteiger partial charge in [-0.3, -0.25) is 0 Å². The molecule has 0 aromatic rings. The quantitative estimate of drug-likeness (QED) is 0.656. The smallest absolute Gasteiger partial charge is 0.116 e. The summed E-state index contributed by atoms with van der Waals surface area (Å²) in [7, 11) is 0. The van der Waals surface area contributed by atoms with Crippen LogP contribution in [-0.4, -0.2) is 6.04 Å². The van der Waals surface area contributed by atoms with Crippen LogP contribution in [0.4, 0.5) is 0 Å². The average Bonchev–Trinajstić information content (AvgIpc) is 1.98. The maximum Gasteiger partial charge on any atom is 0.116 e. The van der Waals surface area contributed by atoms with Crippen molar-refractivity contribution in [1.82, 2.24) is 0 Å². The monoisotopic (exact) mass is 169 g/mol. The lowest BCUT2D eigenvalue weighted by molar-refractivity contribution is 0.261. The third-order valence-corrected chi connectivity index (χ3v) is 1.62. The summed E-state index contributed by atoms with van der Waals surface area (Å²) in [6.07, 6.45) is 1.89. The summed E-state index contributed by atoms with van der Waals surface area (Å²) >= 11 is 0. The molecule has 0 bridgehead atoms. The van der Waals surface area contributed by atoms with Crippen molar-refractivity contribution >= 4 is 0 Å². The molecule has 0 aliphatic carbocycles. The molecule has 0 rings (SSSR count). The summed E-state index contributed by atoms with van der Waals surface area (Å²) in [4.78, 5) is 0. The summed E-state index contributed by atoms with van der Waals surface area (Å²) < 4.78 is 5.36. The number of hydrogen-bond acceptors (Lipinski definition) is 2. The Morgan fingerprint density at radius 3 is 2.25 bits per heavy atom. The zero-order chi connectivity index (χ0) is 9.72. The van der Waals surface area contributed by atoms with Gasteiger partial charge in [0, 0.05) is 0 Å². The van der Waals surface area contributed by atoms with Crippen molar-refractivity contribution in [2.75, 3.05) is 0 Å². The van der Waals surface area contributed by atoms with Crippen molar-refractivity contribution in [3.05, 3.63) is 24.2 Å². The van der Waals surface area contributed by atoms with E-state index in [1.807, 2.05) is 19.9 Å². The molecule has 0 aliphatic heterocycles. The van der Waals surface area contributed by atoms with Crippen LogP contribution in [0.5, 0.6) is 0 Å². The fourth-order valence-electron chi connectivity index (χ4n) is 0.849. The molecule has 0 radical (unpaired) electrons. The maximum atomic E-state index is 5.89. The van der Waals surface area contributed by atoms with Crippen LogP contribution in [0.2, 0.25) is 0 Å². The highest BCUT2D eigenvalue weighted by Gasteiger charge is 2.13. The molecule has 0 spiro atoms. The standard InChI is InChI=1S/C10H19NO/c1-6-9(12-8(4)5)10(11)7(2)3/h6-7,10H,4,11H2,1-3,5H3/b9-6-. The molecule has 0 aromatic heterocycles. The molecule has 2 N–H and O–H groups in total. The molecule has 2 heteroatoms. The van der Waals surface area contributed by atoms with Crippen LogP contribution in [0.25, 0.3) is 0 Å². The van der Waals surface area contributed by atoms with Gasteiger partial charge in [0.05, 0.1) is 11.8 Å². The van der Waals surface area contributed by atoms with Crippen LogP contribution < -0.4 is 5.73 Å². The molecule has 0 heterocycles. The van der Waals surface area contributed by atoms with Crippen molar-refractivity contribution in [1.29, 1.82) is 0 Å². The summed E-state index contributed by atoms with van der Waals surface area (Å²) in [6, 6.07) is -0.0355. The Bertz CT molecular complexity index is 182. The number of allylic oxidation sites excluding steroid dienone is 2. The topological polar surface area (TPSA) is 35.2 Å². The minimum Gasteiger partial charge on any atom is -0.466 e. The zero-order valence-corrected chi connectivity index (χ0v) is 8.42. The van der Waals surface area contributed by atoms with E-state index in [4.69, 9.17) is 10.5 Å². The van der Waals surface area contributed by atoms with E-state index in [-0.39, 0.29) is 6.04 Å². The molecule has 0 amide bonds. The first-order chi connectivity index (χ1) is 5.49. The Morgan fingerprint density at radius 1 is 1.50 bits per heavy atom. The van der Waals surface area contributed by atoms with Gasteiger partial charge >= 0.3 is 0 Å². The SMILES string of the molecule is C=C(C)O/C(=C\C)C(N)C(C)C. The van der Waals surface area contributed by atoms with Crippen molar-refractivity contribution in [2.45, 2.75) is 33.7 Å². The number of nitrogens with two attached hydrogens (primary N) is 1. The first-order valence-corrected chi connectivity index (χ1v) is 4.24. The van der Waals surface area contributed by atoms with Crippen molar-refractivity contribution < 1.29 is 4.74 Å². The predicted molar refractivity (Wildman–Crippen MR) is 52.5 cm³/mol. The summed E-state index contributed by atoms with van der Waals surface area (Å²) in [5.74, 6) is 1.87. The first-order valence-electron chi connectivity index (χ1n) is 4.24. The second-order valence-electron chi connectivity index (χ2n) is 3.26. The second-order valence-corrected chi connectivity index (χ2v) is 3.26. The largest absolute Gasteiger partial charge is 0.466 e. The highest BCUT2D eigenvalue weighted by molar-refractivity contribution is 5.04. The van der Waals surface area contributed by atoms with Crippen LogP contribution >= 0.6 is 0 Å². The zero-order valence-electron chi connectivity index (χ0n) is 8.42. The van der Waals surface area contributed by atoms with Gasteiger partial charge < -0.3 is 10.5 Å². The van der Waals surface area contributed by atoms with E-state index in [1.54, 1.807) is 0 Å². The van der Waals surface area contributed by atoms with Gasteiger partial charge in [0.2, 0.25) is 0 Å². The molecule has 0 fully saturated rings. The van der Waals surface area contributed by atoms with E-state index in [2.05, 4.69) is 20.4 Å². The van der Waals surface area contributed by atoms with Gasteiger partial charge in [-0.2, -0.15) is 0 Å². The second kappa shape index (κ2) is 4.99. The van der Waals surface area contributed by atoms with Gasteiger partial charge in [-0.05, 0) is 25.8 Å². The molecular weight excluding hydrogens is 150 g/mol. The summed E-state index contributed by atoms with van der Waals surface area (Å²) in [5.41, 5.74) is 5.89. The first kappa shape index (κ1) is 11.2. The lowest BCUT2D eigenvalue weighted by Gasteiger charge is -2.19. The van der Waals surface area contributed by atoms with E-state index in [0.717, 1.165) is 5.76 Å². The summed E-state index contributed by atoms with van der Waals surface area (Å²) in [6.45, 7) is 11.5. The molecule has 1 unspecified atom stereocenters. The van der Waals surface area contributed by atoms with Gasteiger partial charge in [0.1, 0.15) is 5.76 Å². The van der Waals surface area contributed by atoms with Gasteiger partial charge in [0.15, 0.2) is 0 Å². The van der Waals surface area contributed by atoms with E-state index in [9.17, 15) is 0 Å². The van der Waals surface area contributed by atoms with Gasteiger partial charge in [-0.15, -0.1) is 0 Å².